The number of hydrazine groups is 1. The van der Waals surface area contributed by atoms with Crippen LogP contribution in [0.15, 0.2) is 24.3 Å². The summed E-state index contributed by atoms with van der Waals surface area (Å²) in [5.41, 5.74) is 4.43. The van der Waals surface area contributed by atoms with E-state index in [1.165, 1.54) is 5.56 Å². The van der Waals surface area contributed by atoms with Crippen molar-refractivity contribution in [2.45, 2.75) is 25.9 Å². The quantitative estimate of drug-likeness (QED) is 0.473. The number of carbonyl (C=O) groups is 1. The second-order valence-electron chi connectivity index (χ2n) is 5.64. The molecule has 1 amide bonds. The Kier molecular flexibility index (Phi) is 5.11. The van der Waals surface area contributed by atoms with E-state index < -0.39 is 0 Å². The van der Waals surface area contributed by atoms with Gasteiger partial charge >= 0.3 is 0 Å². The third kappa shape index (κ3) is 4.03. The summed E-state index contributed by atoms with van der Waals surface area (Å²) < 4.78 is 0. The predicted molar refractivity (Wildman–Crippen MR) is 79.8 cm³/mol. The van der Waals surface area contributed by atoms with Crippen molar-refractivity contribution in [3.8, 4) is 0 Å². The van der Waals surface area contributed by atoms with Gasteiger partial charge in [-0.05, 0) is 25.1 Å². The maximum atomic E-state index is 11.2. The van der Waals surface area contributed by atoms with Gasteiger partial charge in [-0.2, -0.15) is 0 Å². The van der Waals surface area contributed by atoms with Crippen molar-refractivity contribution in [1.82, 2.24) is 15.2 Å². The Hall–Kier alpha value is -1.43. The number of rotatable bonds is 4. The monoisotopic (exact) mass is 276 g/mol. The van der Waals surface area contributed by atoms with E-state index in [9.17, 15) is 4.79 Å². The molecular formula is C15H24N4O. The lowest BCUT2D eigenvalue weighted by molar-refractivity contribution is -0.120. The van der Waals surface area contributed by atoms with E-state index in [0.717, 1.165) is 31.7 Å². The molecule has 3 N–H and O–H groups in total. The molecule has 110 valence electrons. The molecule has 1 unspecified atom stereocenters. The standard InChI is InChI=1S/C15H24N4O/c1-12-10-18(2)7-8-19(12)11-14-5-3-13(4-6-14)9-15(20)17-16/h3-6,12H,7-11,16H2,1-2H3,(H,17,20). The molecule has 1 fully saturated rings. The zero-order chi connectivity index (χ0) is 14.5. The molecule has 0 spiro atoms. The Labute approximate surface area is 120 Å². The summed E-state index contributed by atoms with van der Waals surface area (Å²) in [6, 6.07) is 8.79. The van der Waals surface area contributed by atoms with Crippen molar-refractivity contribution in [3.05, 3.63) is 35.4 Å². The van der Waals surface area contributed by atoms with Crippen molar-refractivity contribution in [3.63, 3.8) is 0 Å². The van der Waals surface area contributed by atoms with Crippen LogP contribution in [-0.2, 0) is 17.8 Å². The number of likely N-dealkylation sites (N-methyl/N-ethyl adjacent to an activating group) is 1. The van der Waals surface area contributed by atoms with Crippen LogP contribution in [0.1, 0.15) is 18.1 Å². The van der Waals surface area contributed by atoms with Gasteiger partial charge in [0, 0.05) is 32.2 Å². The van der Waals surface area contributed by atoms with Gasteiger partial charge < -0.3 is 4.90 Å². The van der Waals surface area contributed by atoms with Crippen LogP contribution >= 0.6 is 0 Å². The summed E-state index contributed by atoms with van der Waals surface area (Å²) >= 11 is 0. The van der Waals surface area contributed by atoms with E-state index in [4.69, 9.17) is 5.84 Å². The van der Waals surface area contributed by atoms with Crippen LogP contribution in [0.3, 0.4) is 0 Å². The van der Waals surface area contributed by atoms with Crippen LogP contribution in [0, 0.1) is 0 Å². The lowest BCUT2D eigenvalue weighted by Crippen LogP contribution is -2.49. The van der Waals surface area contributed by atoms with Gasteiger partial charge in [-0.1, -0.05) is 24.3 Å². The van der Waals surface area contributed by atoms with Gasteiger partial charge in [-0.3, -0.25) is 15.1 Å². The highest BCUT2D eigenvalue weighted by molar-refractivity contribution is 5.77. The third-order valence-electron chi connectivity index (χ3n) is 3.90. The van der Waals surface area contributed by atoms with Gasteiger partial charge in [0.1, 0.15) is 0 Å². The highest BCUT2D eigenvalue weighted by Gasteiger charge is 2.21. The van der Waals surface area contributed by atoms with E-state index >= 15 is 0 Å². The molecule has 0 radical (unpaired) electrons. The Balaban J connectivity index is 1.92. The molecule has 2 rings (SSSR count). The Bertz CT molecular complexity index is 446. The molecule has 1 heterocycles. The summed E-state index contributed by atoms with van der Waals surface area (Å²) in [5.74, 6) is 4.93. The molecule has 1 aliphatic rings. The van der Waals surface area contributed by atoms with Gasteiger partial charge in [-0.25, -0.2) is 5.84 Å². The molecule has 5 nitrogen and oxygen atoms in total. The van der Waals surface area contributed by atoms with Gasteiger partial charge in [0.05, 0.1) is 6.42 Å². The molecule has 1 aliphatic heterocycles. The molecule has 1 aromatic carbocycles. The van der Waals surface area contributed by atoms with Crippen molar-refractivity contribution >= 4 is 5.91 Å². The number of amides is 1. The summed E-state index contributed by atoms with van der Waals surface area (Å²) in [7, 11) is 2.17. The number of hydrogen-bond acceptors (Lipinski definition) is 4. The first-order chi connectivity index (χ1) is 9.58. The number of nitrogens with two attached hydrogens (primary N) is 1. The Morgan fingerprint density at radius 2 is 1.95 bits per heavy atom. The lowest BCUT2D eigenvalue weighted by atomic mass is 10.1. The number of hydrogen-bond donors (Lipinski definition) is 2. The van der Waals surface area contributed by atoms with Crippen molar-refractivity contribution in [1.29, 1.82) is 0 Å². The normalized spacial score (nSPS) is 20.9. The minimum Gasteiger partial charge on any atom is -0.304 e. The zero-order valence-electron chi connectivity index (χ0n) is 12.3. The summed E-state index contributed by atoms with van der Waals surface area (Å²) in [6.07, 6.45) is 0.335. The van der Waals surface area contributed by atoms with Crippen molar-refractivity contribution in [2.75, 3.05) is 26.7 Å². The number of piperazine rings is 1. The second-order valence-corrected chi connectivity index (χ2v) is 5.64. The highest BCUT2D eigenvalue weighted by atomic mass is 16.2. The van der Waals surface area contributed by atoms with Crippen molar-refractivity contribution in [2.24, 2.45) is 5.84 Å². The molecule has 1 aromatic rings. The number of nitrogens with zero attached hydrogens (tertiary/aromatic N) is 2. The molecule has 1 atom stereocenters. The zero-order valence-corrected chi connectivity index (χ0v) is 12.3. The molecule has 0 saturated carbocycles. The number of benzene rings is 1. The third-order valence-corrected chi connectivity index (χ3v) is 3.90. The van der Waals surface area contributed by atoms with Crippen LogP contribution in [-0.4, -0.2) is 48.4 Å². The Morgan fingerprint density at radius 3 is 2.55 bits per heavy atom. The molecule has 1 saturated heterocycles. The highest BCUT2D eigenvalue weighted by Crippen LogP contribution is 2.14. The first-order valence-corrected chi connectivity index (χ1v) is 7.08. The maximum Gasteiger partial charge on any atom is 0.238 e. The molecule has 0 aliphatic carbocycles. The maximum absolute atomic E-state index is 11.2. The fraction of sp³-hybridized carbons (Fsp3) is 0.533. The summed E-state index contributed by atoms with van der Waals surface area (Å²) in [6.45, 7) is 6.59. The van der Waals surface area contributed by atoms with Crippen molar-refractivity contribution < 1.29 is 4.79 Å². The van der Waals surface area contributed by atoms with Crippen LogP contribution in [0.4, 0.5) is 0 Å². The largest absolute Gasteiger partial charge is 0.304 e. The van der Waals surface area contributed by atoms with E-state index in [1.54, 1.807) is 0 Å². The van der Waals surface area contributed by atoms with Crippen LogP contribution in [0.2, 0.25) is 0 Å². The van der Waals surface area contributed by atoms with E-state index in [1.807, 2.05) is 12.1 Å². The van der Waals surface area contributed by atoms with Crippen LogP contribution < -0.4 is 11.3 Å². The van der Waals surface area contributed by atoms with Crippen LogP contribution in [0.25, 0.3) is 0 Å². The average Bonchev–Trinajstić information content (AvgIpc) is 2.44. The molecule has 20 heavy (non-hydrogen) atoms. The first-order valence-electron chi connectivity index (χ1n) is 7.08. The van der Waals surface area contributed by atoms with Gasteiger partial charge in [0.2, 0.25) is 5.91 Å². The predicted octanol–water partition coefficient (Wildman–Crippen LogP) is 0.355. The smallest absolute Gasteiger partial charge is 0.238 e. The van der Waals surface area contributed by atoms with Gasteiger partial charge in [-0.15, -0.1) is 0 Å². The fourth-order valence-electron chi connectivity index (χ4n) is 2.65. The van der Waals surface area contributed by atoms with E-state index in [2.05, 4.69) is 41.3 Å². The Morgan fingerprint density at radius 1 is 1.30 bits per heavy atom. The molecular weight excluding hydrogens is 252 g/mol. The number of carbonyl (C=O) groups excluding carboxylic acids is 1. The number of nitrogens with one attached hydrogen (secondary N) is 1. The van der Waals surface area contributed by atoms with Crippen LogP contribution in [0.5, 0.6) is 0 Å². The SMILES string of the molecule is CC1CN(C)CCN1Cc1ccc(CC(=O)NN)cc1. The minimum absolute atomic E-state index is 0.162. The first kappa shape index (κ1) is 15.0. The average molecular weight is 276 g/mol. The summed E-state index contributed by atoms with van der Waals surface area (Å²) in [5, 5.41) is 0. The van der Waals surface area contributed by atoms with E-state index in [-0.39, 0.29) is 5.91 Å². The summed E-state index contributed by atoms with van der Waals surface area (Å²) in [4.78, 5) is 16.1. The topological polar surface area (TPSA) is 61.6 Å². The van der Waals surface area contributed by atoms with E-state index in [0.29, 0.717) is 12.5 Å². The molecule has 0 aromatic heterocycles. The second kappa shape index (κ2) is 6.83. The van der Waals surface area contributed by atoms with Gasteiger partial charge in [0.25, 0.3) is 0 Å². The molecule has 0 bridgehead atoms. The fourth-order valence-corrected chi connectivity index (χ4v) is 2.65. The molecule has 5 heteroatoms. The van der Waals surface area contributed by atoms with Gasteiger partial charge in [0.15, 0.2) is 0 Å². The minimum atomic E-state index is -0.162. The lowest BCUT2D eigenvalue weighted by Gasteiger charge is -2.38.